The quantitative estimate of drug-likeness (QED) is 0.550. The molecule has 0 amide bonds. The van der Waals surface area contributed by atoms with Crippen LogP contribution in [0.25, 0.3) is 0 Å². The molecule has 1 rings (SSSR count). The van der Waals surface area contributed by atoms with Crippen LogP contribution in [0.1, 0.15) is 24.2 Å². The molecule has 0 spiro atoms. The van der Waals surface area contributed by atoms with Crippen LogP contribution in [0.2, 0.25) is 0 Å². The average molecular weight is 186 g/mol. The Morgan fingerprint density at radius 2 is 2.31 bits per heavy atom. The van der Waals surface area contributed by atoms with Crippen LogP contribution in [0, 0.1) is 0 Å². The molecule has 0 unspecified atom stereocenters. The van der Waals surface area contributed by atoms with Gasteiger partial charge in [0.25, 0.3) is 0 Å². The van der Waals surface area contributed by atoms with Gasteiger partial charge in [0, 0.05) is 0 Å². The van der Waals surface area contributed by atoms with E-state index >= 15 is 0 Å². The van der Waals surface area contributed by atoms with E-state index in [0.29, 0.717) is 0 Å². The van der Waals surface area contributed by atoms with E-state index in [1.807, 2.05) is 0 Å². The van der Waals surface area contributed by atoms with Gasteiger partial charge in [-0.25, -0.2) is 0 Å². The summed E-state index contributed by atoms with van der Waals surface area (Å²) in [5, 5.41) is 15.5. The number of rotatable bonds is 4. The van der Waals surface area contributed by atoms with Gasteiger partial charge >= 0.3 is 5.97 Å². The lowest BCUT2D eigenvalue weighted by Gasteiger charge is -2.00. The largest absolute Gasteiger partial charge is 0.481 e. The highest BCUT2D eigenvalue weighted by molar-refractivity contribution is 5.67. The van der Waals surface area contributed by atoms with Crippen molar-refractivity contribution in [2.24, 2.45) is 11.5 Å². The van der Waals surface area contributed by atoms with Crippen molar-refractivity contribution >= 4 is 5.97 Å². The number of hydrogen-bond acceptors (Lipinski definition) is 6. The fourth-order valence-electron chi connectivity index (χ4n) is 0.774. The predicted molar refractivity (Wildman–Crippen MR) is 41.4 cm³/mol. The zero-order valence-electron chi connectivity index (χ0n) is 6.80. The molecule has 7 heteroatoms. The van der Waals surface area contributed by atoms with Crippen molar-refractivity contribution in [2.75, 3.05) is 0 Å². The van der Waals surface area contributed by atoms with Crippen molar-refractivity contribution in [2.45, 2.75) is 19.0 Å². The van der Waals surface area contributed by atoms with Gasteiger partial charge in [-0.3, -0.25) is 4.79 Å². The van der Waals surface area contributed by atoms with Crippen molar-refractivity contribution < 1.29 is 14.3 Å². The SMILES string of the molecule is NCc1nnc([C@@H](N)CC(=O)O)o1. The van der Waals surface area contributed by atoms with Crippen LogP contribution in [0.4, 0.5) is 0 Å². The average Bonchev–Trinajstić information content (AvgIpc) is 2.50. The number of hydrogen-bond donors (Lipinski definition) is 3. The summed E-state index contributed by atoms with van der Waals surface area (Å²) in [6, 6.07) is -0.773. The molecule has 1 atom stereocenters. The fraction of sp³-hybridized carbons (Fsp3) is 0.500. The van der Waals surface area contributed by atoms with E-state index in [9.17, 15) is 4.79 Å². The van der Waals surface area contributed by atoms with Crippen LogP contribution >= 0.6 is 0 Å². The third-order valence-electron chi connectivity index (χ3n) is 1.37. The van der Waals surface area contributed by atoms with Crippen molar-refractivity contribution in [3.05, 3.63) is 11.8 Å². The molecule has 1 aromatic rings. The molecule has 13 heavy (non-hydrogen) atoms. The molecule has 0 saturated heterocycles. The van der Waals surface area contributed by atoms with Crippen molar-refractivity contribution in [1.82, 2.24) is 10.2 Å². The molecule has 1 aromatic heterocycles. The number of carboxylic acid groups (broad SMARTS) is 1. The molecule has 0 aliphatic heterocycles. The summed E-state index contributed by atoms with van der Waals surface area (Å²) < 4.78 is 4.96. The van der Waals surface area contributed by atoms with Crippen LogP contribution in [0.3, 0.4) is 0 Å². The van der Waals surface area contributed by atoms with Gasteiger partial charge in [-0.1, -0.05) is 0 Å². The minimum atomic E-state index is -1.01. The molecule has 1 heterocycles. The topological polar surface area (TPSA) is 128 Å². The van der Waals surface area contributed by atoms with Gasteiger partial charge in [0.15, 0.2) is 0 Å². The fourth-order valence-corrected chi connectivity index (χ4v) is 0.774. The Kier molecular flexibility index (Phi) is 2.93. The minimum Gasteiger partial charge on any atom is -0.481 e. The minimum absolute atomic E-state index is 0.0999. The normalized spacial score (nSPS) is 12.8. The highest BCUT2D eigenvalue weighted by Gasteiger charge is 2.16. The van der Waals surface area contributed by atoms with Gasteiger partial charge in [0.05, 0.1) is 19.0 Å². The summed E-state index contributed by atoms with van der Waals surface area (Å²) in [6.45, 7) is 0.118. The number of carboxylic acids is 1. The highest BCUT2D eigenvalue weighted by atomic mass is 16.4. The first kappa shape index (κ1) is 9.62. The lowest BCUT2D eigenvalue weighted by molar-refractivity contribution is -0.137. The number of nitrogens with zero attached hydrogens (tertiary/aromatic N) is 2. The summed E-state index contributed by atoms with van der Waals surface area (Å²) in [4.78, 5) is 10.3. The number of carbonyl (C=O) groups is 1. The summed E-state index contributed by atoms with van der Waals surface area (Å²) in [7, 11) is 0. The molecule has 7 nitrogen and oxygen atoms in total. The molecule has 0 saturated carbocycles. The number of aromatic nitrogens is 2. The van der Waals surface area contributed by atoms with E-state index in [4.69, 9.17) is 21.0 Å². The molecule has 0 aromatic carbocycles. The van der Waals surface area contributed by atoms with E-state index in [0.717, 1.165) is 0 Å². The maximum absolute atomic E-state index is 10.3. The Morgan fingerprint density at radius 1 is 1.62 bits per heavy atom. The summed E-state index contributed by atoms with van der Waals surface area (Å²) in [6.07, 6.45) is -0.244. The molecule has 5 N–H and O–H groups in total. The first-order valence-corrected chi connectivity index (χ1v) is 3.63. The second-order valence-electron chi connectivity index (χ2n) is 2.44. The third kappa shape index (κ3) is 2.49. The molecular formula is C6H10N4O3. The van der Waals surface area contributed by atoms with E-state index < -0.39 is 12.0 Å². The van der Waals surface area contributed by atoms with Crippen molar-refractivity contribution in [3.8, 4) is 0 Å². The van der Waals surface area contributed by atoms with Gasteiger partial charge in [-0.15, -0.1) is 10.2 Å². The second kappa shape index (κ2) is 3.97. The number of nitrogens with two attached hydrogens (primary N) is 2. The molecule has 0 bridgehead atoms. The Balaban J connectivity index is 2.65. The zero-order chi connectivity index (χ0) is 9.84. The van der Waals surface area contributed by atoms with E-state index in [-0.39, 0.29) is 24.7 Å². The number of aliphatic carboxylic acids is 1. The Labute approximate surface area is 73.7 Å². The van der Waals surface area contributed by atoms with E-state index in [1.165, 1.54) is 0 Å². The van der Waals surface area contributed by atoms with Crippen LogP contribution in [0.15, 0.2) is 4.42 Å². The summed E-state index contributed by atoms with van der Waals surface area (Å²) in [5.74, 6) is -0.668. The van der Waals surface area contributed by atoms with Crippen LogP contribution in [-0.4, -0.2) is 21.3 Å². The summed E-state index contributed by atoms with van der Waals surface area (Å²) in [5.41, 5.74) is 10.7. The van der Waals surface area contributed by atoms with Crippen LogP contribution < -0.4 is 11.5 Å². The molecule has 0 radical (unpaired) electrons. The first-order valence-electron chi connectivity index (χ1n) is 3.63. The standard InChI is InChI=1S/C6H10N4O3/c7-2-4-9-10-6(13-4)3(8)1-5(11)12/h3H,1-2,7-8H2,(H,11,12)/t3-/m0/s1. The Bertz CT molecular complexity index is 298. The van der Waals surface area contributed by atoms with E-state index in [2.05, 4.69) is 10.2 Å². The van der Waals surface area contributed by atoms with Gasteiger partial charge in [0.1, 0.15) is 0 Å². The predicted octanol–water partition coefficient (Wildman–Crippen LogP) is -0.997. The maximum Gasteiger partial charge on any atom is 0.305 e. The first-order chi connectivity index (χ1) is 6.13. The van der Waals surface area contributed by atoms with Crippen LogP contribution in [0.5, 0.6) is 0 Å². The molecular weight excluding hydrogens is 176 g/mol. The molecule has 0 aliphatic carbocycles. The lowest BCUT2D eigenvalue weighted by atomic mass is 10.2. The van der Waals surface area contributed by atoms with Gasteiger partial charge in [-0.2, -0.15) is 0 Å². The Hall–Kier alpha value is -1.47. The summed E-state index contributed by atoms with van der Waals surface area (Å²) >= 11 is 0. The lowest BCUT2D eigenvalue weighted by Crippen LogP contribution is -2.15. The molecule has 0 aliphatic rings. The zero-order valence-corrected chi connectivity index (χ0v) is 6.80. The smallest absolute Gasteiger partial charge is 0.305 e. The van der Waals surface area contributed by atoms with Gasteiger partial charge < -0.3 is 21.0 Å². The van der Waals surface area contributed by atoms with Crippen molar-refractivity contribution in [1.29, 1.82) is 0 Å². The van der Waals surface area contributed by atoms with E-state index in [1.54, 1.807) is 0 Å². The van der Waals surface area contributed by atoms with Gasteiger partial charge in [-0.05, 0) is 0 Å². The van der Waals surface area contributed by atoms with Gasteiger partial charge in [0.2, 0.25) is 11.8 Å². The second-order valence-corrected chi connectivity index (χ2v) is 2.44. The highest BCUT2D eigenvalue weighted by Crippen LogP contribution is 2.11. The monoisotopic (exact) mass is 186 g/mol. The maximum atomic E-state index is 10.3. The molecule has 72 valence electrons. The third-order valence-corrected chi connectivity index (χ3v) is 1.37. The molecule has 0 fully saturated rings. The van der Waals surface area contributed by atoms with Crippen LogP contribution in [-0.2, 0) is 11.3 Å². The Morgan fingerprint density at radius 3 is 2.77 bits per heavy atom. The van der Waals surface area contributed by atoms with Crippen molar-refractivity contribution in [3.63, 3.8) is 0 Å².